The van der Waals surface area contributed by atoms with E-state index in [0.717, 1.165) is 25.9 Å². The molecule has 0 amide bonds. The molecule has 1 N–H and O–H groups in total. The highest BCUT2D eigenvalue weighted by Gasteiger charge is 2.54. The normalized spacial score (nSPS) is 41.4. The Hall–Kier alpha value is -0.0800. The summed E-state index contributed by atoms with van der Waals surface area (Å²) in [6.07, 6.45) is 10.6. The molecule has 3 atom stereocenters. The Labute approximate surface area is 124 Å². The first-order valence-electron chi connectivity index (χ1n) is 8.72. The van der Waals surface area contributed by atoms with E-state index in [1.165, 1.54) is 38.5 Å². The Bertz CT molecular complexity index is 353. The van der Waals surface area contributed by atoms with Crippen molar-refractivity contribution in [1.82, 2.24) is 0 Å². The quantitative estimate of drug-likeness (QED) is 0.776. The molecule has 1 heterocycles. The van der Waals surface area contributed by atoms with Gasteiger partial charge in [0.25, 0.3) is 0 Å². The Balaban J connectivity index is 1.81. The monoisotopic (exact) mass is 280 g/mol. The molecule has 0 aromatic heterocycles. The Morgan fingerprint density at radius 1 is 1.00 bits per heavy atom. The van der Waals surface area contributed by atoms with Gasteiger partial charge in [0, 0.05) is 6.61 Å². The third kappa shape index (κ3) is 2.43. The Morgan fingerprint density at radius 2 is 1.75 bits per heavy atom. The average Bonchev–Trinajstić information content (AvgIpc) is 2.36. The molecule has 2 heteroatoms. The number of ether oxygens (including phenoxy) is 1. The lowest BCUT2D eigenvalue weighted by molar-refractivity contribution is -0.203. The third-order valence-electron chi connectivity index (χ3n) is 6.43. The number of hydrogen-bond donors (Lipinski definition) is 1. The molecule has 0 bridgehead atoms. The molecule has 1 aliphatic heterocycles. The van der Waals surface area contributed by atoms with Crippen molar-refractivity contribution >= 4 is 0 Å². The van der Waals surface area contributed by atoms with Crippen LogP contribution < -0.4 is 0 Å². The van der Waals surface area contributed by atoms with Crippen molar-refractivity contribution in [3.63, 3.8) is 0 Å². The summed E-state index contributed by atoms with van der Waals surface area (Å²) in [6.45, 7) is 7.80. The van der Waals surface area contributed by atoms with Crippen LogP contribution in [-0.4, -0.2) is 22.9 Å². The summed E-state index contributed by atoms with van der Waals surface area (Å²) in [5, 5.41) is 11.6. The van der Waals surface area contributed by atoms with Gasteiger partial charge in [0.2, 0.25) is 0 Å². The predicted octanol–water partition coefficient (Wildman–Crippen LogP) is 4.30. The first-order chi connectivity index (χ1) is 9.36. The molecule has 0 aromatic carbocycles. The van der Waals surface area contributed by atoms with E-state index in [-0.39, 0.29) is 11.0 Å². The second-order valence-corrected chi connectivity index (χ2v) is 8.73. The number of hydrogen-bond acceptors (Lipinski definition) is 2. The minimum absolute atomic E-state index is 0.151. The summed E-state index contributed by atoms with van der Waals surface area (Å²) in [5.41, 5.74) is -0.0817. The molecule has 3 aliphatic rings. The van der Waals surface area contributed by atoms with E-state index in [4.69, 9.17) is 4.74 Å². The maximum Gasteiger partial charge on any atom is 0.0710 e. The van der Waals surface area contributed by atoms with Crippen LogP contribution in [0.3, 0.4) is 0 Å². The fourth-order valence-electron chi connectivity index (χ4n) is 5.23. The lowest BCUT2D eigenvalue weighted by Crippen LogP contribution is -2.57. The summed E-state index contributed by atoms with van der Waals surface area (Å²) < 4.78 is 6.08. The van der Waals surface area contributed by atoms with Gasteiger partial charge in [0.05, 0.1) is 11.2 Å². The highest BCUT2D eigenvalue weighted by molar-refractivity contribution is 5.04. The van der Waals surface area contributed by atoms with E-state index in [9.17, 15) is 5.11 Å². The molecule has 20 heavy (non-hydrogen) atoms. The zero-order chi connectivity index (χ0) is 14.4. The fourth-order valence-corrected chi connectivity index (χ4v) is 5.23. The van der Waals surface area contributed by atoms with Gasteiger partial charge in [0.15, 0.2) is 0 Å². The molecule has 116 valence electrons. The molecule has 3 rings (SSSR count). The molecule has 0 aromatic rings. The maximum absolute atomic E-state index is 11.6. The van der Waals surface area contributed by atoms with E-state index >= 15 is 0 Å². The van der Waals surface area contributed by atoms with Crippen molar-refractivity contribution in [2.75, 3.05) is 6.61 Å². The van der Waals surface area contributed by atoms with Crippen LogP contribution in [0.2, 0.25) is 0 Å². The van der Waals surface area contributed by atoms with Crippen LogP contribution in [0.4, 0.5) is 0 Å². The van der Waals surface area contributed by atoms with Crippen molar-refractivity contribution in [3.05, 3.63) is 0 Å². The molecular formula is C18H32O2. The summed E-state index contributed by atoms with van der Waals surface area (Å²) in [6, 6.07) is 0. The Kier molecular flexibility index (Phi) is 3.70. The zero-order valence-electron chi connectivity index (χ0n) is 13.6. The van der Waals surface area contributed by atoms with Crippen LogP contribution >= 0.6 is 0 Å². The minimum Gasteiger partial charge on any atom is -0.389 e. The Morgan fingerprint density at radius 3 is 2.35 bits per heavy atom. The van der Waals surface area contributed by atoms with Crippen LogP contribution in [0.5, 0.6) is 0 Å². The first kappa shape index (κ1) is 14.8. The SMILES string of the molecule is CC(C)(C)C1CCCCC1(O)C1CCOC2(CCC2)C1. The van der Waals surface area contributed by atoms with E-state index in [2.05, 4.69) is 20.8 Å². The van der Waals surface area contributed by atoms with Crippen LogP contribution in [-0.2, 0) is 4.74 Å². The van der Waals surface area contributed by atoms with Gasteiger partial charge in [-0.2, -0.15) is 0 Å². The number of aliphatic hydroxyl groups is 1. The van der Waals surface area contributed by atoms with E-state index < -0.39 is 5.60 Å². The highest BCUT2D eigenvalue weighted by atomic mass is 16.5. The van der Waals surface area contributed by atoms with Gasteiger partial charge in [-0.3, -0.25) is 0 Å². The van der Waals surface area contributed by atoms with Crippen molar-refractivity contribution < 1.29 is 9.84 Å². The lowest BCUT2D eigenvalue weighted by Gasteiger charge is -2.56. The van der Waals surface area contributed by atoms with Crippen LogP contribution in [0.25, 0.3) is 0 Å². The standard InChI is InChI=1S/C18H32O2/c1-16(2,3)15-7-4-5-11-18(15,19)14-8-12-20-17(13-14)9-6-10-17/h14-15,19H,4-13H2,1-3H3. The zero-order valence-corrected chi connectivity index (χ0v) is 13.6. The van der Waals surface area contributed by atoms with Crippen LogP contribution in [0.15, 0.2) is 0 Å². The molecule has 0 radical (unpaired) electrons. The second kappa shape index (κ2) is 4.98. The van der Waals surface area contributed by atoms with E-state index in [1.54, 1.807) is 0 Å². The summed E-state index contributed by atoms with van der Waals surface area (Å²) in [5.74, 6) is 0.907. The summed E-state index contributed by atoms with van der Waals surface area (Å²) >= 11 is 0. The molecule has 3 fully saturated rings. The van der Waals surface area contributed by atoms with E-state index in [1.807, 2.05) is 0 Å². The molecule has 3 unspecified atom stereocenters. The maximum atomic E-state index is 11.6. The van der Waals surface area contributed by atoms with Crippen molar-refractivity contribution in [2.45, 2.75) is 89.8 Å². The molecular weight excluding hydrogens is 248 g/mol. The van der Waals surface area contributed by atoms with Crippen LogP contribution in [0, 0.1) is 17.3 Å². The van der Waals surface area contributed by atoms with Gasteiger partial charge >= 0.3 is 0 Å². The topological polar surface area (TPSA) is 29.5 Å². The third-order valence-corrected chi connectivity index (χ3v) is 6.43. The molecule has 1 saturated heterocycles. The predicted molar refractivity (Wildman–Crippen MR) is 81.6 cm³/mol. The van der Waals surface area contributed by atoms with Crippen LogP contribution in [0.1, 0.15) is 78.6 Å². The fraction of sp³-hybridized carbons (Fsp3) is 1.00. The van der Waals surface area contributed by atoms with Crippen molar-refractivity contribution in [2.24, 2.45) is 17.3 Å². The highest BCUT2D eigenvalue weighted by Crippen LogP contribution is 2.54. The largest absolute Gasteiger partial charge is 0.389 e. The van der Waals surface area contributed by atoms with Crippen molar-refractivity contribution in [1.29, 1.82) is 0 Å². The molecule has 2 saturated carbocycles. The van der Waals surface area contributed by atoms with Gasteiger partial charge < -0.3 is 9.84 Å². The summed E-state index contributed by atoms with van der Waals surface area (Å²) in [4.78, 5) is 0. The average molecular weight is 280 g/mol. The second-order valence-electron chi connectivity index (χ2n) is 8.73. The van der Waals surface area contributed by atoms with Gasteiger partial charge in [-0.25, -0.2) is 0 Å². The number of rotatable bonds is 1. The first-order valence-corrected chi connectivity index (χ1v) is 8.72. The minimum atomic E-state index is -0.442. The van der Waals surface area contributed by atoms with Gasteiger partial charge in [0.1, 0.15) is 0 Å². The molecule has 2 nitrogen and oxygen atoms in total. The molecule has 1 spiro atoms. The lowest BCUT2D eigenvalue weighted by atomic mass is 9.56. The summed E-state index contributed by atoms with van der Waals surface area (Å²) in [7, 11) is 0. The van der Waals surface area contributed by atoms with Gasteiger partial charge in [-0.1, -0.05) is 33.6 Å². The van der Waals surface area contributed by atoms with Gasteiger partial charge in [-0.05, 0) is 62.2 Å². The van der Waals surface area contributed by atoms with Crippen molar-refractivity contribution in [3.8, 4) is 0 Å². The van der Waals surface area contributed by atoms with E-state index in [0.29, 0.717) is 11.8 Å². The molecule has 2 aliphatic carbocycles. The smallest absolute Gasteiger partial charge is 0.0710 e. The van der Waals surface area contributed by atoms with Gasteiger partial charge in [-0.15, -0.1) is 0 Å².